The number of nitrogens with two attached hydrogens (primary N) is 1. The minimum absolute atomic E-state index is 0.116. The molecule has 0 amide bonds. The van der Waals surface area contributed by atoms with Crippen molar-refractivity contribution in [3.8, 4) is 0 Å². The van der Waals surface area contributed by atoms with E-state index in [1.54, 1.807) is 0 Å². The van der Waals surface area contributed by atoms with Crippen molar-refractivity contribution in [1.29, 1.82) is 0 Å². The first-order chi connectivity index (χ1) is 5.68. The minimum atomic E-state index is -0.116. The third-order valence-corrected chi connectivity index (χ3v) is 3.19. The van der Waals surface area contributed by atoms with E-state index in [-0.39, 0.29) is 5.60 Å². The quantitative estimate of drug-likeness (QED) is 0.624. The highest BCUT2D eigenvalue weighted by Gasteiger charge is 2.21. The standard InChI is InChI=1S/C9H21NOS/c1-4-6-12-8-9(3,7-10)11-5-2/h4-8,10H2,1-3H3. The van der Waals surface area contributed by atoms with E-state index in [0.29, 0.717) is 6.54 Å². The number of thioether (sulfide) groups is 1. The van der Waals surface area contributed by atoms with Crippen LogP contribution in [-0.4, -0.2) is 30.3 Å². The van der Waals surface area contributed by atoms with Gasteiger partial charge in [0, 0.05) is 18.9 Å². The molecule has 0 fully saturated rings. The van der Waals surface area contributed by atoms with Gasteiger partial charge in [0.1, 0.15) is 0 Å². The molecule has 74 valence electrons. The molecule has 2 nitrogen and oxygen atoms in total. The third kappa shape index (κ3) is 5.01. The summed E-state index contributed by atoms with van der Waals surface area (Å²) in [7, 11) is 0. The summed E-state index contributed by atoms with van der Waals surface area (Å²) in [6.07, 6.45) is 1.22. The largest absolute Gasteiger partial charge is 0.373 e. The van der Waals surface area contributed by atoms with Gasteiger partial charge in [0.05, 0.1) is 5.60 Å². The molecule has 0 saturated carbocycles. The predicted octanol–water partition coefficient (Wildman–Crippen LogP) is 1.88. The monoisotopic (exact) mass is 191 g/mol. The topological polar surface area (TPSA) is 35.2 Å². The van der Waals surface area contributed by atoms with Crippen LogP contribution in [0.15, 0.2) is 0 Å². The lowest BCUT2D eigenvalue weighted by atomic mass is 10.1. The molecular formula is C9H21NOS. The Morgan fingerprint density at radius 2 is 2.08 bits per heavy atom. The van der Waals surface area contributed by atoms with E-state index < -0.39 is 0 Å². The van der Waals surface area contributed by atoms with E-state index in [9.17, 15) is 0 Å². The van der Waals surface area contributed by atoms with Crippen molar-refractivity contribution in [1.82, 2.24) is 0 Å². The molecule has 0 aromatic rings. The lowest BCUT2D eigenvalue weighted by Gasteiger charge is -2.27. The molecule has 0 aliphatic rings. The second-order valence-electron chi connectivity index (χ2n) is 3.14. The number of rotatable bonds is 7. The number of hydrogen-bond donors (Lipinski definition) is 1. The molecule has 0 aromatic heterocycles. The Kier molecular flexibility index (Phi) is 6.90. The summed E-state index contributed by atoms with van der Waals surface area (Å²) in [6.45, 7) is 7.64. The van der Waals surface area contributed by atoms with Crippen molar-refractivity contribution in [2.75, 3.05) is 24.7 Å². The zero-order valence-electron chi connectivity index (χ0n) is 8.43. The van der Waals surface area contributed by atoms with E-state index in [1.165, 1.54) is 12.2 Å². The van der Waals surface area contributed by atoms with Crippen molar-refractivity contribution >= 4 is 11.8 Å². The third-order valence-electron chi connectivity index (χ3n) is 1.68. The molecule has 3 heteroatoms. The number of ether oxygens (including phenoxy) is 1. The molecule has 0 aliphatic carbocycles. The van der Waals surface area contributed by atoms with Gasteiger partial charge in [0.15, 0.2) is 0 Å². The van der Waals surface area contributed by atoms with Gasteiger partial charge in [-0.3, -0.25) is 0 Å². The Morgan fingerprint density at radius 3 is 2.50 bits per heavy atom. The molecule has 0 heterocycles. The van der Waals surface area contributed by atoms with Crippen LogP contribution in [0.5, 0.6) is 0 Å². The highest BCUT2D eigenvalue weighted by atomic mass is 32.2. The van der Waals surface area contributed by atoms with Crippen molar-refractivity contribution in [3.63, 3.8) is 0 Å². The number of hydrogen-bond acceptors (Lipinski definition) is 3. The Balaban J connectivity index is 3.63. The van der Waals surface area contributed by atoms with Crippen LogP contribution < -0.4 is 5.73 Å². The summed E-state index contributed by atoms with van der Waals surface area (Å²) in [5.74, 6) is 2.20. The minimum Gasteiger partial charge on any atom is -0.373 e. The van der Waals surface area contributed by atoms with Crippen LogP contribution in [0, 0.1) is 0 Å². The zero-order chi connectivity index (χ0) is 9.45. The molecule has 0 saturated heterocycles. The van der Waals surface area contributed by atoms with Crippen molar-refractivity contribution < 1.29 is 4.74 Å². The van der Waals surface area contributed by atoms with Crippen LogP contribution >= 0.6 is 11.8 Å². The van der Waals surface area contributed by atoms with Crippen molar-refractivity contribution in [3.05, 3.63) is 0 Å². The molecule has 0 radical (unpaired) electrons. The maximum absolute atomic E-state index is 5.64. The molecule has 0 spiro atoms. The summed E-state index contributed by atoms with van der Waals surface area (Å²) in [5.41, 5.74) is 5.52. The van der Waals surface area contributed by atoms with Crippen LogP contribution in [0.25, 0.3) is 0 Å². The van der Waals surface area contributed by atoms with Gasteiger partial charge in [0.2, 0.25) is 0 Å². The van der Waals surface area contributed by atoms with Crippen LogP contribution in [-0.2, 0) is 4.74 Å². The van der Waals surface area contributed by atoms with Gasteiger partial charge in [-0.15, -0.1) is 0 Å². The first-order valence-corrected chi connectivity index (χ1v) is 5.75. The van der Waals surface area contributed by atoms with Crippen molar-refractivity contribution in [2.45, 2.75) is 32.8 Å². The van der Waals surface area contributed by atoms with Gasteiger partial charge < -0.3 is 10.5 Å². The fraction of sp³-hybridized carbons (Fsp3) is 1.00. The van der Waals surface area contributed by atoms with E-state index >= 15 is 0 Å². The normalized spacial score (nSPS) is 16.0. The predicted molar refractivity (Wildman–Crippen MR) is 56.7 cm³/mol. The van der Waals surface area contributed by atoms with Crippen LogP contribution in [0.4, 0.5) is 0 Å². The first-order valence-electron chi connectivity index (χ1n) is 4.60. The van der Waals surface area contributed by atoms with Gasteiger partial charge in [-0.25, -0.2) is 0 Å². The highest BCUT2D eigenvalue weighted by molar-refractivity contribution is 7.99. The molecule has 0 aromatic carbocycles. The Labute approximate surface area is 80.2 Å². The van der Waals surface area contributed by atoms with Gasteiger partial charge in [-0.2, -0.15) is 11.8 Å². The van der Waals surface area contributed by atoms with Gasteiger partial charge in [0.25, 0.3) is 0 Å². The van der Waals surface area contributed by atoms with Gasteiger partial charge in [-0.1, -0.05) is 6.92 Å². The SMILES string of the molecule is CCCSCC(C)(CN)OCC. The summed E-state index contributed by atoms with van der Waals surface area (Å²) < 4.78 is 5.58. The summed E-state index contributed by atoms with van der Waals surface area (Å²) in [5, 5.41) is 0. The van der Waals surface area contributed by atoms with E-state index in [2.05, 4.69) is 13.8 Å². The van der Waals surface area contributed by atoms with E-state index in [0.717, 1.165) is 12.4 Å². The Morgan fingerprint density at radius 1 is 1.42 bits per heavy atom. The average molecular weight is 191 g/mol. The van der Waals surface area contributed by atoms with Gasteiger partial charge >= 0.3 is 0 Å². The van der Waals surface area contributed by atoms with Crippen molar-refractivity contribution in [2.24, 2.45) is 5.73 Å². The fourth-order valence-electron chi connectivity index (χ4n) is 0.940. The Bertz CT molecular complexity index is 111. The van der Waals surface area contributed by atoms with Crippen LogP contribution in [0.1, 0.15) is 27.2 Å². The molecule has 1 atom stereocenters. The molecule has 0 bridgehead atoms. The summed E-state index contributed by atoms with van der Waals surface area (Å²) in [4.78, 5) is 0. The first kappa shape index (κ1) is 12.3. The second kappa shape index (κ2) is 6.75. The van der Waals surface area contributed by atoms with Crippen LogP contribution in [0.3, 0.4) is 0 Å². The Hall–Kier alpha value is 0.270. The van der Waals surface area contributed by atoms with E-state index in [4.69, 9.17) is 10.5 Å². The molecule has 0 aliphatic heterocycles. The zero-order valence-corrected chi connectivity index (χ0v) is 9.25. The lowest BCUT2D eigenvalue weighted by molar-refractivity contribution is 0.00140. The average Bonchev–Trinajstić information content (AvgIpc) is 2.06. The smallest absolute Gasteiger partial charge is 0.0865 e. The molecular weight excluding hydrogens is 170 g/mol. The maximum atomic E-state index is 5.64. The molecule has 12 heavy (non-hydrogen) atoms. The highest BCUT2D eigenvalue weighted by Crippen LogP contribution is 2.16. The van der Waals surface area contributed by atoms with Crippen LogP contribution in [0.2, 0.25) is 0 Å². The summed E-state index contributed by atoms with van der Waals surface area (Å²) in [6, 6.07) is 0. The maximum Gasteiger partial charge on any atom is 0.0865 e. The molecule has 0 rings (SSSR count). The lowest BCUT2D eigenvalue weighted by Crippen LogP contribution is -2.40. The second-order valence-corrected chi connectivity index (χ2v) is 4.24. The fourth-order valence-corrected chi connectivity index (χ4v) is 2.01. The van der Waals surface area contributed by atoms with Gasteiger partial charge in [-0.05, 0) is 26.0 Å². The summed E-state index contributed by atoms with van der Waals surface area (Å²) >= 11 is 1.92. The molecule has 2 N–H and O–H groups in total. The molecule has 1 unspecified atom stereocenters. The van der Waals surface area contributed by atoms with E-state index in [1.807, 2.05) is 18.7 Å².